The molecule has 0 amide bonds. The fourth-order valence-electron chi connectivity index (χ4n) is 7.24. The molecule has 4 heterocycles. The van der Waals surface area contributed by atoms with Crippen molar-refractivity contribution in [2.75, 3.05) is 9.80 Å². The van der Waals surface area contributed by atoms with Crippen LogP contribution in [0.25, 0.3) is 22.3 Å². The molecule has 6 heteroatoms. The van der Waals surface area contributed by atoms with Gasteiger partial charge >= 0.3 is 0 Å². The number of para-hydroxylation sites is 6. The first-order valence-corrected chi connectivity index (χ1v) is 15.9. The van der Waals surface area contributed by atoms with Gasteiger partial charge in [-0.2, -0.15) is 0 Å². The zero-order chi connectivity index (χ0) is 31.3. The number of benzene rings is 7. The molecule has 7 aromatic carbocycles. The van der Waals surface area contributed by atoms with Crippen molar-refractivity contribution < 1.29 is 18.9 Å². The second-order valence-corrected chi connectivity index (χ2v) is 12.2. The molecule has 226 valence electrons. The van der Waals surface area contributed by atoms with E-state index in [1.165, 1.54) is 0 Å². The summed E-state index contributed by atoms with van der Waals surface area (Å²) in [6.07, 6.45) is 0. The van der Waals surface area contributed by atoms with Gasteiger partial charge < -0.3 is 18.9 Å². The lowest BCUT2D eigenvalue weighted by Crippen LogP contribution is -2.20. The van der Waals surface area contributed by atoms with Crippen molar-refractivity contribution in [3.8, 4) is 68.2 Å². The second kappa shape index (κ2) is 9.44. The third-order valence-corrected chi connectivity index (χ3v) is 9.39. The highest BCUT2D eigenvalue weighted by Crippen LogP contribution is 2.61. The zero-order valence-electron chi connectivity index (χ0n) is 25.4. The van der Waals surface area contributed by atoms with Gasteiger partial charge in [0.2, 0.25) is 0 Å². The molecule has 0 saturated heterocycles. The molecule has 0 radical (unpaired) electrons. The predicted octanol–water partition coefficient (Wildman–Crippen LogP) is 12.4. The first kappa shape index (κ1) is 25.5. The number of hydrogen-bond acceptors (Lipinski definition) is 6. The molecule has 0 aromatic heterocycles. The first-order valence-electron chi connectivity index (χ1n) is 15.9. The minimum absolute atomic E-state index is 0.769. The summed E-state index contributed by atoms with van der Waals surface area (Å²) in [4.78, 5) is 4.48. The van der Waals surface area contributed by atoms with Gasteiger partial charge in [-0.1, -0.05) is 66.7 Å². The van der Waals surface area contributed by atoms with E-state index in [0.29, 0.717) is 0 Å². The van der Waals surface area contributed by atoms with Crippen molar-refractivity contribution in [1.82, 2.24) is 0 Å². The average Bonchev–Trinajstić information content (AvgIpc) is 3.14. The SMILES string of the molecule is c1cc(-c2ccc3c(c2)Oc2cccc4c2N3c2ccccc2O4)cc(-c2ccc3c(c2)Oc2cccc4c2N3c2ccccc2O4)c1. The maximum Gasteiger partial charge on any atom is 0.155 e. The van der Waals surface area contributed by atoms with E-state index in [1.807, 2.05) is 72.8 Å². The first-order chi connectivity index (χ1) is 23.8. The van der Waals surface area contributed by atoms with Gasteiger partial charge in [0.1, 0.15) is 11.4 Å². The van der Waals surface area contributed by atoms with Crippen molar-refractivity contribution in [2.24, 2.45) is 0 Å². The third kappa shape index (κ3) is 3.57. The summed E-state index contributed by atoms with van der Waals surface area (Å²) in [6, 6.07) is 49.6. The van der Waals surface area contributed by atoms with E-state index in [9.17, 15) is 0 Å². The third-order valence-electron chi connectivity index (χ3n) is 9.39. The Morgan fingerprint density at radius 1 is 0.271 bits per heavy atom. The highest BCUT2D eigenvalue weighted by Gasteiger charge is 2.36. The van der Waals surface area contributed by atoms with E-state index in [-0.39, 0.29) is 0 Å². The lowest BCUT2D eigenvalue weighted by Gasteiger charge is -2.37. The molecule has 4 aliphatic heterocycles. The number of anilines is 6. The van der Waals surface area contributed by atoms with Crippen LogP contribution in [0.4, 0.5) is 34.1 Å². The topological polar surface area (TPSA) is 43.4 Å². The molecule has 0 aliphatic carbocycles. The Kier molecular flexibility index (Phi) is 5.02. The minimum Gasteiger partial charge on any atom is -0.453 e. The van der Waals surface area contributed by atoms with Crippen LogP contribution in [0.15, 0.2) is 146 Å². The van der Waals surface area contributed by atoms with Gasteiger partial charge in [-0.05, 0) is 101 Å². The van der Waals surface area contributed by atoms with E-state index in [1.54, 1.807) is 0 Å². The fourth-order valence-corrected chi connectivity index (χ4v) is 7.24. The van der Waals surface area contributed by atoms with Gasteiger partial charge in [-0.15, -0.1) is 0 Å². The molecule has 6 nitrogen and oxygen atoms in total. The maximum atomic E-state index is 6.51. The normalized spacial score (nSPS) is 13.6. The van der Waals surface area contributed by atoms with Crippen molar-refractivity contribution in [3.63, 3.8) is 0 Å². The van der Waals surface area contributed by atoms with Crippen LogP contribution in [0.2, 0.25) is 0 Å². The molecular weight excluding hydrogens is 596 g/mol. The smallest absolute Gasteiger partial charge is 0.155 e. The highest BCUT2D eigenvalue weighted by molar-refractivity contribution is 5.96. The number of nitrogens with zero attached hydrogens (tertiary/aromatic N) is 2. The van der Waals surface area contributed by atoms with Gasteiger partial charge in [-0.3, -0.25) is 9.80 Å². The van der Waals surface area contributed by atoms with E-state index in [0.717, 1.165) is 102 Å². The van der Waals surface area contributed by atoms with Crippen molar-refractivity contribution in [1.29, 1.82) is 0 Å². The molecule has 0 N–H and O–H groups in total. The van der Waals surface area contributed by atoms with Crippen molar-refractivity contribution >= 4 is 34.1 Å². The number of ether oxygens (including phenoxy) is 4. The Hall–Kier alpha value is -6.66. The largest absolute Gasteiger partial charge is 0.453 e. The molecule has 0 bridgehead atoms. The van der Waals surface area contributed by atoms with Crippen molar-refractivity contribution in [3.05, 3.63) is 146 Å². The highest BCUT2D eigenvalue weighted by atomic mass is 16.5. The summed E-state index contributed by atoms with van der Waals surface area (Å²) in [5.41, 5.74) is 10.1. The lowest BCUT2D eigenvalue weighted by molar-refractivity contribution is 0.445. The zero-order valence-corrected chi connectivity index (χ0v) is 25.4. The van der Waals surface area contributed by atoms with Crippen LogP contribution in [0.3, 0.4) is 0 Å². The van der Waals surface area contributed by atoms with Crippen LogP contribution in [0, 0.1) is 0 Å². The molecule has 48 heavy (non-hydrogen) atoms. The minimum atomic E-state index is 0.769. The summed E-state index contributed by atoms with van der Waals surface area (Å²) in [6.45, 7) is 0. The summed E-state index contributed by atoms with van der Waals surface area (Å²) >= 11 is 0. The molecule has 11 rings (SSSR count). The van der Waals surface area contributed by atoms with Crippen molar-refractivity contribution in [2.45, 2.75) is 0 Å². The van der Waals surface area contributed by atoms with E-state index >= 15 is 0 Å². The Labute approximate surface area is 276 Å². The standard InChI is InChI=1S/C42H24N2O4/c1-3-12-33-29(10-1)43-31-20-18-27(23-39(31)47-37-16-6-14-35(45-33)41(37)43)25-8-5-9-26(22-25)28-19-21-32-40(24-28)48-38-17-7-15-36-42(38)44(32)30-11-2-4-13-34(30)46-36/h1-24H. The summed E-state index contributed by atoms with van der Waals surface area (Å²) in [5, 5.41) is 0. The Balaban J connectivity index is 0.978. The van der Waals surface area contributed by atoms with Crippen LogP contribution in [0.5, 0.6) is 46.0 Å². The molecular formula is C42H24N2O4. The van der Waals surface area contributed by atoms with Gasteiger partial charge in [0.15, 0.2) is 46.0 Å². The monoisotopic (exact) mass is 620 g/mol. The molecule has 7 aromatic rings. The molecule has 4 aliphatic rings. The lowest BCUT2D eigenvalue weighted by atomic mass is 9.97. The quantitative estimate of drug-likeness (QED) is 0.192. The summed E-state index contributed by atoms with van der Waals surface area (Å²) < 4.78 is 25.5. The number of rotatable bonds is 2. The van der Waals surface area contributed by atoms with Crippen LogP contribution in [0.1, 0.15) is 0 Å². The van der Waals surface area contributed by atoms with Gasteiger partial charge in [0.25, 0.3) is 0 Å². The van der Waals surface area contributed by atoms with Gasteiger partial charge in [0.05, 0.1) is 22.7 Å². The van der Waals surface area contributed by atoms with E-state index < -0.39 is 0 Å². The average molecular weight is 621 g/mol. The molecule has 0 saturated carbocycles. The van der Waals surface area contributed by atoms with E-state index in [2.05, 4.69) is 82.6 Å². The molecule has 0 unspecified atom stereocenters. The Morgan fingerprint density at radius 2 is 0.625 bits per heavy atom. The molecule has 0 spiro atoms. The number of hydrogen-bond donors (Lipinski definition) is 0. The second-order valence-electron chi connectivity index (χ2n) is 12.2. The summed E-state index contributed by atoms with van der Waals surface area (Å²) in [5.74, 6) is 6.34. The molecule has 0 atom stereocenters. The van der Waals surface area contributed by atoms with Gasteiger partial charge in [-0.25, -0.2) is 0 Å². The summed E-state index contributed by atoms with van der Waals surface area (Å²) in [7, 11) is 0. The van der Waals surface area contributed by atoms with E-state index in [4.69, 9.17) is 18.9 Å². The van der Waals surface area contributed by atoms with Crippen LogP contribution in [-0.4, -0.2) is 0 Å². The fraction of sp³-hybridized carbons (Fsp3) is 0. The predicted molar refractivity (Wildman–Crippen MR) is 187 cm³/mol. The van der Waals surface area contributed by atoms with Crippen LogP contribution < -0.4 is 28.7 Å². The Bertz CT molecular complexity index is 2340. The van der Waals surface area contributed by atoms with Crippen LogP contribution in [-0.2, 0) is 0 Å². The maximum absolute atomic E-state index is 6.51. The van der Waals surface area contributed by atoms with Crippen LogP contribution >= 0.6 is 0 Å². The Morgan fingerprint density at radius 3 is 1.10 bits per heavy atom. The molecule has 0 fully saturated rings. The number of fused-ring (bicyclic) bond motifs is 8. The van der Waals surface area contributed by atoms with Gasteiger partial charge in [0, 0.05) is 0 Å².